The van der Waals surface area contributed by atoms with Gasteiger partial charge in [-0.2, -0.15) is 0 Å². The summed E-state index contributed by atoms with van der Waals surface area (Å²) >= 11 is 0. The topological polar surface area (TPSA) is 79.2 Å². The van der Waals surface area contributed by atoms with E-state index in [-0.39, 0.29) is 29.5 Å². The fraction of sp³-hybridized carbons (Fsp3) is 0.688. The molecule has 6 atom stereocenters. The Morgan fingerprint density at radius 3 is 2.43 bits per heavy atom. The molecule has 37 heavy (non-hydrogen) atoms. The first-order valence-corrected chi connectivity index (χ1v) is 14.2. The first kappa shape index (κ1) is 25.6. The van der Waals surface area contributed by atoms with E-state index in [1.807, 2.05) is 12.1 Å². The smallest absolute Gasteiger partial charge is 0.171 e. The molecular formula is C32H42O5. The molecule has 1 aromatic carbocycles. The maximum absolute atomic E-state index is 12.2. The summed E-state index contributed by atoms with van der Waals surface area (Å²) in [4.78, 5) is 0. The predicted octanol–water partition coefficient (Wildman–Crippen LogP) is 4.69. The highest BCUT2D eigenvalue weighted by Crippen LogP contribution is 2.65. The Balaban J connectivity index is 1.40. The Bertz CT molecular complexity index is 1130. The molecular weight excluding hydrogens is 464 g/mol. The van der Waals surface area contributed by atoms with E-state index in [1.54, 1.807) is 0 Å². The van der Waals surface area contributed by atoms with Gasteiger partial charge >= 0.3 is 0 Å². The summed E-state index contributed by atoms with van der Waals surface area (Å²) < 4.78 is 12.7. The molecule has 200 valence electrons. The van der Waals surface area contributed by atoms with E-state index in [0.717, 1.165) is 50.5 Å². The SMILES string of the molecule is CC1(C)COC2(CCC3=C4C(CC[C@@]3(O)C2)C2CCC(O)C2(C)C[C@@H]4c2ccc(C#CCO)cc2)OC1. The number of aliphatic hydroxyl groups excluding tert-OH is 2. The normalized spacial score (nSPS) is 39.8. The lowest BCUT2D eigenvalue weighted by molar-refractivity contribution is -0.322. The van der Waals surface area contributed by atoms with Gasteiger partial charge in [-0.1, -0.05) is 50.3 Å². The quantitative estimate of drug-likeness (QED) is 0.381. The summed E-state index contributed by atoms with van der Waals surface area (Å²) in [6.07, 6.45) is 6.32. The molecule has 0 amide bonds. The zero-order valence-corrected chi connectivity index (χ0v) is 22.6. The Kier molecular flexibility index (Phi) is 6.18. The lowest BCUT2D eigenvalue weighted by Crippen LogP contribution is -2.57. The molecule has 5 aliphatic rings. The highest BCUT2D eigenvalue weighted by Gasteiger charge is 2.60. The second kappa shape index (κ2) is 8.93. The van der Waals surface area contributed by atoms with Gasteiger partial charge < -0.3 is 24.8 Å². The van der Waals surface area contributed by atoms with Crippen LogP contribution >= 0.6 is 0 Å². The standard InChI is InChI=1S/C32H42O5/c1-29(2)19-36-32(37-20-29)15-13-26-28-23(12-14-31(26,35)18-32)25-10-11-27(34)30(25,3)17-24(28)22-8-6-21(7-9-22)5-4-16-33/h6-9,23-25,27,33-35H,10-20H2,1-3H3/t23?,24-,25?,27?,30?,31-/m1/s1. The van der Waals surface area contributed by atoms with Gasteiger partial charge in [0.1, 0.15) is 6.61 Å². The second-order valence-corrected chi connectivity index (χ2v) is 13.5. The van der Waals surface area contributed by atoms with Gasteiger partial charge in [0, 0.05) is 29.7 Å². The van der Waals surface area contributed by atoms with Crippen molar-refractivity contribution in [3.8, 4) is 11.8 Å². The molecule has 0 bridgehead atoms. The number of hydrogen-bond donors (Lipinski definition) is 3. The van der Waals surface area contributed by atoms with E-state index < -0.39 is 11.4 Å². The lowest BCUT2D eigenvalue weighted by atomic mass is 9.51. The van der Waals surface area contributed by atoms with Gasteiger partial charge in [-0.15, -0.1) is 0 Å². The fourth-order valence-corrected chi connectivity index (χ4v) is 8.46. The van der Waals surface area contributed by atoms with Gasteiger partial charge in [0.05, 0.1) is 24.9 Å². The van der Waals surface area contributed by atoms with Crippen LogP contribution in [0, 0.1) is 34.5 Å². The zero-order chi connectivity index (χ0) is 26.1. The zero-order valence-electron chi connectivity index (χ0n) is 22.6. The van der Waals surface area contributed by atoms with Gasteiger partial charge in [0.15, 0.2) is 5.79 Å². The van der Waals surface area contributed by atoms with Crippen LogP contribution in [0.1, 0.15) is 89.2 Å². The molecule has 4 fully saturated rings. The van der Waals surface area contributed by atoms with Crippen LogP contribution in [0.3, 0.4) is 0 Å². The first-order valence-electron chi connectivity index (χ1n) is 14.2. The van der Waals surface area contributed by atoms with Gasteiger partial charge in [0.25, 0.3) is 0 Å². The molecule has 0 radical (unpaired) electrons. The Morgan fingerprint density at radius 2 is 1.73 bits per heavy atom. The molecule has 6 rings (SSSR count). The average molecular weight is 507 g/mol. The van der Waals surface area contributed by atoms with Gasteiger partial charge in [-0.05, 0) is 79.0 Å². The van der Waals surface area contributed by atoms with Crippen molar-refractivity contribution in [3.63, 3.8) is 0 Å². The molecule has 1 aromatic rings. The monoisotopic (exact) mass is 506 g/mol. The minimum atomic E-state index is -0.901. The third-order valence-corrected chi connectivity index (χ3v) is 10.4. The third-order valence-electron chi connectivity index (χ3n) is 10.4. The van der Waals surface area contributed by atoms with Crippen LogP contribution in [0.25, 0.3) is 0 Å². The van der Waals surface area contributed by atoms with Crippen LogP contribution < -0.4 is 0 Å². The summed E-state index contributed by atoms with van der Waals surface area (Å²) in [5, 5.41) is 32.4. The number of aliphatic hydroxyl groups is 3. The maximum Gasteiger partial charge on any atom is 0.171 e. The van der Waals surface area contributed by atoms with Crippen LogP contribution in [0.5, 0.6) is 0 Å². The van der Waals surface area contributed by atoms with Crippen LogP contribution in [-0.2, 0) is 9.47 Å². The van der Waals surface area contributed by atoms with E-state index in [2.05, 4.69) is 44.7 Å². The minimum absolute atomic E-state index is 0.000217. The molecule has 0 aromatic heterocycles. The van der Waals surface area contributed by atoms with Crippen LogP contribution in [0.15, 0.2) is 35.4 Å². The molecule has 1 spiro atoms. The highest BCUT2D eigenvalue weighted by atomic mass is 16.7. The molecule has 4 unspecified atom stereocenters. The summed E-state index contributed by atoms with van der Waals surface area (Å²) in [5.74, 6) is 6.07. The summed E-state index contributed by atoms with van der Waals surface area (Å²) in [5.41, 5.74) is 3.77. The number of allylic oxidation sites excluding steroid dienone is 1. The maximum atomic E-state index is 12.2. The van der Waals surface area contributed by atoms with E-state index >= 15 is 0 Å². The molecule has 1 heterocycles. The van der Waals surface area contributed by atoms with Crippen molar-refractivity contribution < 1.29 is 24.8 Å². The van der Waals surface area contributed by atoms with Crippen molar-refractivity contribution in [2.75, 3.05) is 19.8 Å². The first-order chi connectivity index (χ1) is 17.6. The largest absolute Gasteiger partial charge is 0.393 e. The number of fused-ring (bicyclic) bond motifs is 4. The van der Waals surface area contributed by atoms with Crippen molar-refractivity contribution in [1.29, 1.82) is 0 Å². The fourth-order valence-electron chi connectivity index (χ4n) is 8.46. The Labute approximate surface area is 221 Å². The second-order valence-electron chi connectivity index (χ2n) is 13.5. The number of benzene rings is 1. The molecule has 1 aliphatic heterocycles. The summed E-state index contributed by atoms with van der Waals surface area (Å²) in [6.45, 7) is 7.79. The Morgan fingerprint density at radius 1 is 1.00 bits per heavy atom. The van der Waals surface area contributed by atoms with Crippen molar-refractivity contribution in [3.05, 3.63) is 46.5 Å². The molecule has 4 aliphatic carbocycles. The minimum Gasteiger partial charge on any atom is -0.393 e. The van der Waals surface area contributed by atoms with Gasteiger partial charge in [-0.25, -0.2) is 0 Å². The van der Waals surface area contributed by atoms with Crippen molar-refractivity contribution in [2.24, 2.45) is 22.7 Å². The predicted molar refractivity (Wildman–Crippen MR) is 142 cm³/mol. The van der Waals surface area contributed by atoms with Crippen molar-refractivity contribution in [2.45, 2.75) is 95.5 Å². The summed E-state index contributed by atoms with van der Waals surface area (Å²) in [7, 11) is 0. The molecule has 5 heteroatoms. The van der Waals surface area contributed by atoms with Crippen molar-refractivity contribution in [1.82, 2.24) is 0 Å². The van der Waals surface area contributed by atoms with E-state index in [9.17, 15) is 10.2 Å². The van der Waals surface area contributed by atoms with E-state index in [0.29, 0.717) is 31.5 Å². The molecule has 5 nitrogen and oxygen atoms in total. The molecule has 3 N–H and O–H groups in total. The van der Waals surface area contributed by atoms with Crippen LogP contribution in [0.2, 0.25) is 0 Å². The Hall–Kier alpha value is -1.68. The number of hydrogen-bond acceptors (Lipinski definition) is 5. The van der Waals surface area contributed by atoms with Gasteiger partial charge in [-0.3, -0.25) is 0 Å². The number of ether oxygens (including phenoxy) is 2. The summed E-state index contributed by atoms with van der Waals surface area (Å²) in [6, 6.07) is 8.40. The van der Waals surface area contributed by atoms with Crippen LogP contribution in [0.4, 0.5) is 0 Å². The van der Waals surface area contributed by atoms with Crippen molar-refractivity contribution >= 4 is 0 Å². The van der Waals surface area contributed by atoms with E-state index in [4.69, 9.17) is 14.6 Å². The average Bonchev–Trinajstić information content (AvgIpc) is 3.18. The van der Waals surface area contributed by atoms with E-state index in [1.165, 1.54) is 16.7 Å². The molecule has 3 saturated carbocycles. The van der Waals surface area contributed by atoms with Gasteiger partial charge in [0.2, 0.25) is 0 Å². The van der Waals surface area contributed by atoms with Crippen LogP contribution in [-0.4, -0.2) is 52.6 Å². The lowest BCUT2D eigenvalue weighted by Gasteiger charge is -2.57. The molecule has 1 saturated heterocycles. The number of rotatable bonds is 1. The highest BCUT2D eigenvalue weighted by molar-refractivity contribution is 5.45. The third kappa shape index (κ3) is 4.21.